The quantitative estimate of drug-likeness (QED) is 0.913. The molecule has 0 aliphatic carbocycles. The van der Waals surface area contributed by atoms with E-state index in [4.69, 9.17) is 9.47 Å². The molecule has 2 rings (SSSR count). The van der Waals surface area contributed by atoms with Gasteiger partial charge in [-0.2, -0.15) is 0 Å². The molecule has 6 heteroatoms. The maximum absolute atomic E-state index is 11.8. The van der Waals surface area contributed by atoms with Crippen molar-refractivity contribution in [2.24, 2.45) is 0 Å². The zero-order valence-corrected chi connectivity index (χ0v) is 12.9. The SMILES string of the molecule is CNC(c1ccc2c(c1)OCCCO2)C(C)S(C)(=O)=O. The fourth-order valence-electron chi connectivity index (χ4n) is 2.29. The Bertz CT molecular complexity index is 571. The molecular weight excluding hydrogens is 278 g/mol. The van der Waals surface area contributed by atoms with Crippen molar-refractivity contribution >= 4 is 9.84 Å². The highest BCUT2D eigenvalue weighted by Crippen LogP contribution is 2.33. The number of benzene rings is 1. The van der Waals surface area contributed by atoms with Gasteiger partial charge in [0.15, 0.2) is 21.3 Å². The molecule has 112 valence electrons. The molecule has 0 saturated heterocycles. The van der Waals surface area contributed by atoms with Crippen LogP contribution in [0.25, 0.3) is 0 Å². The predicted octanol–water partition coefficient (Wildman–Crippen LogP) is 1.54. The number of ether oxygens (including phenoxy) is 2. The third-order valence-corrected chi connectivity index (χ3v) is 5.21. The summed E-state index contributed by atoms with van der Waals surface area (Å²) in [5.41, 5.74) is 0.884. The average molecular weight is 299 g/mol. The maximum atomic E-state index is 11.8. The highest BCUT2D eigenvalue weighted by atomic mass is 32.2. The average Bonchev–Trinajstić information content (AvgIpc) is 2.63. The summed E-state index contributed by atoms with van der Waals surface area (Å²) in [6.07, 6.45) is 2.10. The van der Waals surface area contributed by atoms with Crippen molar-refractivity contribution in [2.75, 3.05) is 26.5 Å². The fraction of sp³-hybridized carbons (Fsp3) is 0.571. The van der Waals surface area contributed by atoms with Gasteiger partial charge in [-0.15, -0.1) is 0 Å². The lowest BCUT2D eigenvalue weighted by molar-refractivity contribution is 0.297. The first-order valence-corrected chi connectivity index (χ1v) is 8.64. The Morgan fingerprint density at radius 1 is 1.20 bits per heavy atom. The van der Waals surface area contributed by atoms with Crippen LogP contribution in [0.4, 0.5) is 0 Å². The van der Waals surface area contributed by atoms with Gasteiger partial charge in [0.1, 0.15) is 0 Å². The Balaban J connectivity index is 2.34. The van der Waals surface area contributed by atoms with Gasteiger partial charge >= 0.3 is 0 Å². The van der Waals surface area contributed by atoms with Gasteiger partial charge in [-0.25, -0.2) is 8.42 Å². The molecule has 0 saturated carbocycles. The van der Waals surface area contributed by atoms with E-state index in [-0.39, 0.29) is 6.04 Å². The van der Waals surface area contributed by atoms with Crippen molar-refractivity contribution < 1.29 is 17.9 Å². The van der Waals surface area contributed by atoms with Crippen LogP contribution in [-0.2, 0) is 9.84 Å². The highest BCUT2D eigenvalue weighted by Gasteiger charge is 2.27. The summed E-state index contributed by atoms with van der Waals surface area (Å²) in [6, 6.07) is 5.32. The second kappa shape index (κ2) is 6.01. The van der Waals surface area contributed by atoms with Gasteiger partial charge in [0.2, 0.25) is 0 Å². The van der Waals surface area contributed by atoms with E-state index >= 15 is 0 Å². The second-order valence-electron chi connectivity index (χ2n) is 5.06. The molecule has 0 fully saturated rings. The Morgan fingerprint density at radius 2 is 1.85 bits per heavy atom. The smallest absolute Gasteiger partial charge is 0.161 e. The van der Waals surface area contributed by atoms with Crippen LogP contribution in [0, 0.1) is 0 Å². The van der Waals surface area contributed by atoms with E-state index in [1.165, 1.54) is 6.26 Å². The molecule has 0 aromatic heterocycles. The summed E-state index contributed by atoms with van der Waals surface area (Å²) in [7, 11) is -1.37. The predicted molar refractivity (Wildman–Crippen MR) is 78.2 cm³/mol. The summed E-state index contributed by atoms with van der Waals surface area (Å²) in [6.45, 7) is 2.96. The van der Waals surface area contributed by atoms with Crippen molar-refractivity contribution in [1.82, 2.24) is 5.32 Å². The van der Waals surface area contributed by atoms with E-state index in [1.807, 2.05) is 18.2 Å². The number of hydrogen-bond acceptors (Lipinski definition) is 5. The minimum absolute atomic E-state index is 0.276. The molecule has 1 aliphatic rings. The summed E-state index contributed by atoms with van der Waals surface area (Å²) >= 11 is 0. The van der Waals surface area contributed by atoms with Crippen LogP contribution in [0.1, 0.15) is 24.9 Å². The third kappa shape index (κ3) is 3.24. The van der Waals surface area contributed by atoms with Gasteiger partial charge in [0.25, 0.3) is 0 Å². The molecule has 2 unspecified atom stereocenters. The molecule has 1 N–H and O–H groups in total. The van der Waals surface area contributed by atoms with E-state index in [0.29, 0.717) is 24.7 Å². The van der Waals surface area contributed by atoms with Crippen LogP contribution in [-0.4, -0.2) is 40.2 Å². The normalized spacial score (nSPS) is 18.1. The lowest BCUT2D eigenvalue weighted by atomic mass is 10.0. The minimum atomic E-state index is -3.13. The topological polar surface area (TPSA) is 64.6 Å². The Labute approximate surface area is 120 Å². The Kier molecular flexibility index (Phi) is 4.55. The first-order valence-electron chi connectivity index (χ1n) is 6.69. The van der Waals surface area contributed by atoms with E-state index in [1.54, 1.807) is 14.0 Å². The van der Waals surface area contributed by atoms with Crippen molar-refractivity contribution in [3.05, 3.63) is 23.8 Å². The van der Waals surface area contributed by atoms with E-state index < -0.39 is 15.1 Å². The number of nitrogens with one attached hydrogen (secondary N) is 1. The summed E-state index contributed by atoms with van der Waals surface area (Å²) in [5, 5.41) is 2.56. The zero-order chi connectivity index (χ0) is 14.8. The first-order chi connectivity index (χ1) is 9.43. The number of hydrogen-bond donors (Lipinski definition) is 1. The monoisotopic (exact) mass is 299 g/mol. The molecule has 1 aromatic carbocycles. The van der Waals surface area contributed by atoms with Gasteiger partial charge in [0.05, 0.1) is 18.5 Å². The maximum Gasteiger partial charge on any atom is 0.161 e. The molecule has 0 spiro atoms. The second-order valence-corrected chi connectivity index (χ2v) is 7.46. The first kappa shape index (κ1) is 15.1. The van der Waals surface area contributed by atoms with Gasteiger partial charge < -0.3 is 14.8 Å². The van der Waals surface area contributed by atoms with Gasteiger partial charge in [0, 0.05) is 18.7 Å². The van der Waals surface area contributed by atoms with Crippen molar-refractivity contribution in [3.8, 4) is 11.5 Å². The summed E-state index contributed by atoms with van der Waals surface area (Å²) in [5.74, 6) is 1.40. The third-order valence-electron chi connectivity index (χ3n) is 3.59. The fourth-order valence-corrected chi connectivity index (χ4v) is 3.08. The molecule has 20 heavy (non-hydrogen) atoms. The van der Waals surface area contributed by atoms with Gasteiger partial charge in [-0.1, -0.05) is 6.07 Å². The van der Waals surface area contributed by atoms with Crippen molar-refractivity contribution in [1.29, 1.82) is 0 Å². The highest BCUT2D eigenvalue weighted by molar-refractivity contribution is 7.91. The molecule has 1 aliphatic heterocycles. The molecule has 0 bridgehead atoms. The van der Waals surface area contributed by atoms with Crippen molar-refractivity contribution in [2.45, 2.75) is 24.6 Å². The molecule has 2 atom stereocenters. The lowest BCUT2D eigenvalue weighted by Gasteiger charge is -2.23. The molecule has 5 nitrogen and oxygen atoms in total. The number of fused-ring (bicyclic) bond motifs is 1. The Morgan fingerprint density at radius 3 is 2.45 bits per heavy atom. The van der Waals surface area contributed by atoms with E-state index in [9.17, 15) is 8.42 Å². The summed E-state index contributed by atoms with van der Waals surface area (Å²) in [4.78, 5) is 0. The van der Waals surface area contributed by atoms with Gasteiger partial charge in [-0.3, -0.25) is 0 Å². The van der Waals surface area contributed by atoms with Crippen molar-refractivity contribution in [3.63, 3.8) is 0 Å². The Hall–Kier alpha value is -1.27. The van der Waals surface area contributed by atoms with Gasteiger partial charge in [-0.05, 0) is 31.7 Å². The zero-order valence-electron chi connectivity index (χ0n) is 12.0. The molecule has 0 radical (unpaired) electrons. The van der Waals surface area contributed by atoms with Crippen LogP contribution in [0.5, 0.6) is 11.5 Å². The van der Waals surface area contributed by atoms with Crippen LogP contribution < -0.4 is 14.8 Å². The molecule has 1 heterocycles. The molecule has 0 amide bonds. The molecule has 1 aromatic rings. The lowest BCUT2D eigenvalue weighted by Crippen LogP contribution is -2.32. The van der Waals surface area contributed by atoms with Crippen LogP contribution >= 0.6 is 0 Å². The summed E-state index contributed by atoms with van der Waals surface area (Å²) < 4.78 is 34.7. The molecular formula is C14H21NO4S. The minimum Gasteiger partial charge on any atom is -0.490 e. The standard InChI is InChI=1S/C14H21NO4S/c1-10(20(3,16)17)14(15-2)11-5-6-12-13(9-11)19-8-4-7-18-12/h5-6,9-10,14-15H,4,7-8H2,1-3H3. The number of sulfone groups is 1. The number of rotatable bonds is 4. The van der Waals surface area contributed by atoms with E-state index in [0.717, 1.165) is 12.0 Å². The largest absolute Gasteiger partial charge is 0.490 e. The van der Waals surface area contributed by atoms with Crippen LogP contribution in [0.2, 0.25) is 0 Å². The van der Waals surface area contributed by atoms with E-state index in [2.05, 4.69) is 5.32 Å². The van der Waals surface area contributed by atoms with Crippen LogP contribution in [0.15, 0.2) is 18.2 Å². The van der Waals surface area contributed by atoms with Crippen LogP contribution in [0.3, 0.4) is 0 Å².